The van der Waals surface area contributed by atoms with E-state index in [0.29, 0.717) is 42.2 Å². The largest absolute Gasteiger partial charge is 0.442 e. The SMILES string of the molecule is CCCCOP(=O)(CN1CC=C(Cn2c(COC(N)=O)nc(C(C)C)c2Sc2cc(Cl)cc(Cl)c2)CC1)OCCCC. The lowest BCUT2D eigenvalue weighted by molar-refractivity contribution is 0.145. The van der Waals surface area contributed by atoms with Crippen LogP contribution in [-0.4, -0.2) is 53.1 Å². The zero-order valence-electron chi connectivity index (χ0n) is 24.9. The first-order valence-corrected chi connectivity index (χ1v) is 17.8. The van der Waals surface area contributed by atoms with Crippen LogP contribution in [0.4, 0.5) is 4.79 Å². The molecule has 9 nitrogen and oxygen atoms in total. The molecule has 13 heteroatoms. The number of aromatic nitrogens is 2. The van der Waals surface area contributed by atoms with E-state index in [9.17, 15) is 9.36 Å². The van der Waals surface area contributed by atoms with Crippen LogP contribution in [0, 0.1) is 0 Å². The van der Waals surface area contributed by atoms with Crippen molar-refractivity contribution in [1.29, 1.82) is 0 Å². The zero-order valence-corrected chi connectivity index (χ0v) is 28.2. The third kappa shape index (κ3) is 10.9. The monoisotopic (exact) mass is 660 g/mol. The number of hydrogen-bond acceptors (Lipinski definition) is 8. The lowest BCUT2D eigenvalue weighted by atomic mass is 10.1. The number of imidazole rings is 1. The van der Waals surface area contributed by atoms with Crippen molar-refractivity contribution >= 4 is 48.7 Å². The van der Waals surface area contributed by atoms with Crippen LogP contribution in [0.25, 0.3) is 0 Å². The van der Waals surface area contributed by atoms with Crippen LogP contribution in [0.1, 0.15) is 77.2 Å². The smallest absolute Gasteiger partial charge is 0.404 e. The van der Waals surface area contributed by atoms with Gasteiger partial charge in [-0.2, -0.15) is 0 Å². The fourth-order valence-electron chi connectivity index (χ4n) is 4.38. The van der Waals surface area contributed by atoms with Crippen molar-refractivity contribution in [3.05, 3.63) is 51.4 Å². The van der Waals surface area contributed by atoms with Gasteiger partial charge in [0.05, 0.1) is 18.9 Å². The predicted octanol–water partition coefficient (Wildman–Crippen LogP) is 8.48. The number of amides is 1. The van der Waals surface area contributed by atoms with E-state index in [-0.39, 0.29) is 18.8 Å². The molecule has 0 bridgehead atoms. The minimum atomic E-state index is -3.23. The number of nitrogens with two attached hydrogens (primary N) is 1. The number of carbonyl (C=O) groups excluding carboxylic acids is 1. The third-order valence-electron chi connectivity index (χ3n) is 6.66. The summed E-state index contributed by atoms with van der Waals surface area (Å²) in [6.45, 7) is 11.0. The summed E-state index contributed by atoms with van der Waals surface area (Å²) in [4.78, 5) is 19.3. The van der Waals surface area contributed by atoms with E-state index in [2.05, 4.69) is 43.2 Å². The van der Waals surface area contributed by atoms with E-state index >= 15 is 0 Å². The number of carbonyl (C=O) groups is 1. The van der Waals surface area contributed by atoms with Crippen molar-refractivity contribution < 1.29 is 23.1 Å². The molecule has 0 atom stereocenters. The van der Waals surface area contributed by atoms with Gasteiger partial charge in [0.2, 0.25) is 0 Å². The Labute approximate surface area is 264 Å². The molecule has 0 saturated carbocycles. The van der Waals surface area contributed by atoms with Gasteiger partial charge in [-0.05, 0) is 43.4 Å². The lowest BCUT2D eigenvalue weighted by Gasteiger charge is -2.30. The highest BCUT2D eigenvalue weighted by atomic mass is 35.5. The van der Waals surface area contributed by atoms with Crippen molar-refractivity contribution in [2.75, 3.05) is 32.6 Å². The van der Waals surface area contributed by atoms with Crippen LogP contribution < -0.4 is 5.73 Å². The number of nitrogens with zero attached hydrogens (tertiary/aromatic N) is 3. The van der Waals surface area contributed by atoms with E-state index in [0.717, 1.165) is 54.3 Å². The van der Waals surface area contributed by atoms with Crippen LogP contribution in [0.15, 0.2) is 39.8 Å². The minimum Gasteiger partial charge on any atom is -0.442 e. The summed E-state index contributed by atoms with van der Waals surface area (Å²) >= 11 is 14.1. The minimum absolute atomic E-state index is 0.0430. The Balaban J connectivity index is 1.83. The maximum Gasteiger partial charge on any atom is 0.404 e. The standard InChI is InChI=1S/C29H43Cl2N4O5PS/c1-5-7-13-39-41(37,40-14-8-6-2)20-34-11-9-22(10-12-34)18-35-26(19-38-29(32)36)33-27(21(3)4)28(35)42-25-16-23(30)15-24(31)17-25/h9,15-17,21H,5-8,10-14,18-20H2,1-4H3,(H2,32,36). The Morgan fingerprint density at radius 3 is 2.29 bits per heavy atom. The fraction of sp³-hybridized carbons (Fsp3) is 0.586. The van der Waals surface area contributed by atoms with E-state index in [4.69, 9.17) is 47.7 Å². The summed E-state index contributed by atoms with van der Waals surface area (Å²) < 4.78 is 32.4. The summed E-state index contributed by atoms with van der Waals surface area (Å²) in [5.74, 6) is 0.718. The second kappa shape index (κ2) is 17.1. The van der Waals surface area contributed by atoms with Gasteiger partial charge in [0.15, 0.2) is 6.61 Å². The van der Waals surface area contributed by atoms with Crippen LogP contribution in [-0.2, 0) is 31.5 Å². The number of benzene rings is 1. The average Bonchev–Trinajstić information content (AvgIpc) is 3.25. The number of unbranched alkanes of at least 4 members (excludes halogenated alkanes) is 2. The molecule has 2 heterocycles. The van der Waals surface area contributed by atoms with Crippen LogP contribution in [0.2, 0.25) is 10.0 Å². The van der Waals surface area contributed by atoms with E-state index in [1.54, 1.807) is 6.07 Å². The molecule has 0 fully saturated rings. The predicted molar refractivity (Wildman–Crippen MR) is 170 cm³/mol. The van der Waals surface area contributed by atoms with Crippen molar-refractivity contribution in [2.24, 2.45) is 5.73 Å². The highest BCUT2D eigenvalue weighted by Crippen LogP contribution is 2.49. The van der Waals surface area contributed by atoms with Gasteiger partial charge in [0.1, 0.15) is 17.1 Å². The van der Waals surface area contributed by atoms with Gasteiger partial charge in [-0.1, -0.05) is 87.1 Å². The molecule has 1 aromatic carbocycles. The molecule has 1 aliphatic heterocycles. The van der Waals surface area contributed by atoms with Crippen molar-refractivity contribution in [2.45, 2.75) is 88.8 Å². The molecular weight excluding hydrogens is 618 g/mol. The molecule has 42 heavy (non-hydrogen) atoms. The lowest BCUT2D eigenvalue weighted by Crippen LogP contribution is -2.31. The van der Waals surface area contributed by atoms with Gasteiger partial charge in [0, 0.05) is 34.6 Å². The Hall–Kier alpha value is -1.52. The maximum atomic E-state index is 13.5. The Bertz CT molecular complexity index is 1240. The van der Waals surface area contributed by atoms with Gasteiger partial charge in [-0.15, -0.1) is 0 Å². The Morgan fingerprint density at radius 2 is 1.76 bits per heavy atom. The first-order chi connectivity index (χ1) is 20.0. The highest BCUT2D eigenvalue weighted by Gasteiger charge is 2.29. The molecule has 0 radical (unpaired) electrons. The zero-order chi connectivity index (χ0) is 30.7. The van der Waals surface area contributed by atoms with Crippen LogP contribution in [0.5, 0.6) is 0 Å². The fourth-order valence-corrected chi connectivity index (χ4v) is 8.10. The van der Waals surface area contributed by atoms with Crippen molar-refractivity contribution in [3.8, 4) is 0 Å². The first kappa shape index (κ1) is 35.0. The summed E-state index contributed by atoms with van der Waals surface area (Å²) in [5.41, 5.74) is 7.36. The Kier molecular flexibility index (Phi) is 14.2. The van der Waals surface area contributed by atoms with Gasteiger partial charge >= 0.3 is 13.7 Å². The molecule has 2 N–H and O–H groups in total. The summed E-state index contributed by atoms with van der Waals surface area (Å²) in [5, 5.41) is 2.02. The molecule has 3 rings (SSSR count). The summed E-state index contributed by atoms with van der Waals surface area (Å²) in [6.07, 6.45) is 5.96. The molecule has 0 saturated heterocycles. The quantitative estimate of drug-likeness (QED) is 0.102. The third-order valence-corrected chi connectivity index (χ3v) is 10.1. The molecule has 234 valence electrons. The number of hydrogen-bond donors (Lipinski definition) is 1. The maximum absolute atomic E-state index is 13.5. The van der Waals surface area contributed by atoms with Crippen LogP contribution >= 0.6 is 42.6 Å². The van der Waals surface area contributed by atoms with E-state index in [1.165, 1.54) is 17.3 Å². The number of ether oxygens (including phenoxy) is 1. The van der Waals surface area contributed by atoms with Gasteiger partial charge < -0.3 is 24.1 Å². The molecule has 1 amide bonds. The topological polar surface area (TPSA) is 109 Å². The van der Waals surface area contributed by atoms with Crippen molar-refractivity contribution in [1.82, 2.24) is 14.5 Å². The second-order valence-corrected chi connectivity index (χ2v) is 14.5. The van der Waals surface area contributed by atoms with Crippen LogP contribution in [0.3, 0.4) is 0 Å². The molecule has 0 aliphatic carbocycles. The van der Waals surface area contributed by atoms with E-state index in [1.807, 2.05) is 12.1 Å². The normalized spacial score (nSPS) is 14.4. The van der Waals surface area contributed by atoms with Gasteiger partial charge in [-0.25, -0.2) is 9.78 Å². The molecule has 2 aromatic rings. The first-order valence-electron chi connectivity index (χ1n) is 14.5. The average molecular weight is 662 g/mol. The summed E-state index contributed by atoms with van der Waals surface area (Å²) in [7, 11) is -3.23. The van der Waals surface area contributed by atoms with Gasteiger partial charge in [-0.3, -0.25) is 9.46 Å². The highest BCUT2D eigenvalue weighted by molar-refractivity contribution is 7.99. The molecular formula is C29H43Cl2N4O5PS. The molecule has 1 aliphatic rings. The van der Waals surface area contributed by atoms with Crippen molar-refractivity contribution in [3.63, 3.8) is 0 Å². The number of primary amides is 1. The molecule has 0 spiro atoms. The number of rotatable bonds is 17. The van der Waals surface area contributed by atoms with E-state index < -0.39 is 13.7 Å². The molecule has 1 aromatic heterocycles. The second-order valence-electron chi connectivity index (χ2n) is 10.6. The van der Waals surface area contributed by atoms with Gasteiger partial charge in [0.25, 0.3) is 0 Å². The molecule has 0 unspecified atom stereocenters. The Morgan fingerprint density at radius 1 is 1.12 bits per heavy atom. The summed E-state index contributed by atoms with van der Waals surface area (Å²) in [6, 6.07) is 5.42. The number of halogens is 2.